The van der Waals surface area contributed by atoms with E-state index in [0.717, 1.165) is 19.4 Å². The maximum atomic E-state index is 12.5. The molecule has 0 spiro atoms. The van der Waals surface area contributed by atoms with Crippen molar-refractivity contribution in [1.29, 1.82) is 0 Å². The second-order valence-corrected chi connectivity index (χ2v) is 7.60. The number of anilines is 1. The summed E-state index contributed by atoms with van der Waals surface area (Å²) in [5.41, 5.74) is 9.02. The quantitative estimate of drug-likeness (QED) is 0.837. The number of nitrogens with two attached hydrogens (primary N) is 1. The Kier molecular flexibility index (Phi) is 6.63. The van der Waals surface area contributed by atoms with Crippen molar-refractivity contribution in [3.05, 3.63) is 29.8 Å². The van der Waals surface area contributed by atoms with Gasteiger partial charge in [0.1, 0.15) is 0 Å². The highest BCUT2D eigenvalue weighted by atomic mass is 35.5. The Morgan fingerprint density at radius 2 is 1.96 bits per heavy atom. The molecule has 2 fully saturated rings. The van der Waals surface area contributed by atoms with Crippen LogP contribution in [0.1, 0.15) is 31.7 Å². The molecule has 6 heteroatoms. The molecule has 25 heavy (non-hydrogen) atoms. The smallest absolute Gasteiger partial charge is 0.225 e. The normalized spacial score (nSPS) is 31.9. The van der Waals surface area contributed by atoms with Gasteiger partial charge >= 0.3 is 0 Å². The summed E-state index contributed by atoms with van der Waals surface area (Å²) in [4.78, 5) is 14.9. The number of hydrogen-bond acceptors (Lipinski definition) is 3. The van der Waals surface area contributed by atoms with E-state index in [1.165, 1.54) is 24.1 Å². The zero-order valence-corrected chi connectivity index (χ0v) is 16.3. The average Bonchev–Trinajstić information content (AvgIpc) is 3.20. The van der Waals surface area contributed by atoms with E-state index in [1.54, 1.807) is 0 Å². The molecule has 5 unspecified atom stereocenters. The second-order valence-electron chi connectivity index (χ2n) is 7.60. The molecule has 0 saturated heterocycles. The van der Waals surface area contributed by atoms with E-state index in [-0.39, 0.29) is 42.7 Å². The average molecular weight is 386 g/mol. The number of nitrogens with one attached hydrogen (secondary N) is 1. The van der Waals surface area contributed by atoms with Gasteiger partial charge in [-0.25, -0.2) is 0 Å². The minimum absolute atomic E-state index is 0. The van der Waals surface area contributed by atoms with Crippen molar-refractivity contribution in [3.63, 3.8) is 0 Å². The Labute approximate surface area is 162 Å². The first-order valence-corrected chi connectivity index (χ1v) is 9.03. The van der Waals surface area contributed by atoms with Crippen molar-refractivity contribution in [2.24, 2.45) is 23.5 Å². The van der Waals surface area contributed by atoms with Crippen LogP contribution in [-0.2, 0) is 11.2 Å². The van der Waals surface area contributed by atoms with Gasteiger partial charge in [-0.05, 0) is 56.1 Å². The van der Waals surface area contributed by atoms with Crippen LogP contribution in [0, 0.1) is 17.8 Å². The molecule has 140 valence electrons. The van der Waals surface area contributed by atoms with Gasteiger partial charge in [-0.3, -0.25) is 4.79 Å². The van der Waals surface area contributed by atoms with E-state index >= 15 is 0 Å². The van der Waals surface area contributed by atoms with Crippen LogP contribution in [0.2, 0.25) is 0 Å². The molecular weight excluding hydrogens is 357 g/mol. The molecular formula is C19H29Cl2N3O. The number of carbonyl (C=O) groups is 1. The second kappa shape index (κ2) is 8.15. The molecule has 1 aromatic rings. The monoisotopic (exact) mass is 385 g/mol. The molecule has 1 aliphatic heterocycles. The van der Waals surface area contributed by atoms with Gasteiger partial charge in [0.25, 0.3) is 0 Å². The molecule has 1 heterocycles. The van der Waals surface area contributed by atoms with Crippen molar-refractivity contribution in [2.45, 2.75) is 44.7 Å². The number of nitrogens with zero attached hydrogens (tertiary/aromatic N) is 1. The van der Waals surface area contributed by atoms with Gasteiger partial charge in [0, 0.05) is 30.9 Å². The fourth-order valence-electron chi connectivity index (χ4n) is 5.11. The van der Waals surface area contributed by atoms with Gasteiger partial charge < -0.3 is 16.0 Å². The molecule has 2 bridgehead atoms. The number of carbonyl (C=O) groups excluding carboxylic acids is 1. The Bertz CT molecular complexity index is 610. The molecule has 5 atom stereocenters. The van der Waals surface area contributed by atoms with Crippen LogP contribution in [0.25, 0.3) is 0 Å². The molecule has 1 aromatic carbocycles. The maximum absolute atomic E-state index is 12.5. The summed E-state index contributed by atoms with van der Waals surface area (Å²) in [5.74, 6) is 1.35. The first-order chi connectivity index (χ1) is 11.1. The number of halogens is 2. The standard InChI is InChI=1S/C19H27N3O.2ClH/c1-12-10-13-4-2-3-5-16(13)22(12)9-8-21-19(23)17-14-6-7-15(11-14)18(17)20;;/h2-5,12,14-15,17-18H,6-11,20H2,1H3,(H,21,23);2*1H. The zero-order valence-electron chi connectivity index (χ0n) is 14.7. The first kappa shape index (κ1) is 20.3. The van der Waals surface area contributed by atoms with Crippen molar-refractivity contribution >= 4 is 36.4 Å². The van der Waals surface area contributed by atoms with Crippen LogP contribution in [0.15, 0.2) is 24.3 Å². The number of para-hydroxylation sites is 1. The number of fused-ring (bicyclic) bond motifs is 3. The fraction of sp³-hybridized carbons (Fsp3) is 0.632. The Morgan fingerprint density at radius 1 is 1.24 bits per heavy atom. The lowest BCUT2D eigenvalue weighted by atomic mass is 9.84. The lowest BCUT2D eigenvalue weighted by Crippen LogP contribution is -2.47. The lowest BCUT2D eigenvalue weighted by molar-refractivity contribution is -0.126. The number of benzene rings is 1. The van der Waals surface area contributed by atoms with Crippen LogP contribution in [0.3, 0.4) is 0 Å². The number of amides is 1. The summed E-state index contributed by atoms with van der Waals surface area (Å²) in [7, 11) is 0. The summed E-state index contributed by atoms with van der Waals surface area (Å²) in [6.07, 6.45) is 4.67. The minimum Gasteiger partial charge on any atom is -0.367 e. The Morgan fingerprint density at radius 3 is 2.68 bits per heavy atom. The summed E-state index contributed by atoms with van der Waals surface area (Å²) < 4.78 is 0. The third-order valence-electron chi connectivity index (χ3n) is 6.28. The van der Waals surface area contributed by atoms with Gasteiger partial charge in [-0.1, -0.05) is 18.2 Å². The summed E-state index contributed by atoms with van der Waals surface area (Å²) in [6, 6.07) is 9.18. The van der Waals surface area contributed by atoms with E-state index in [1.807, 2.05) is 0 Å². The van der Waals surface area contributed by atoms with Gasteiger partial charge in [0.05, 0.1) is 5.92 Å². The highest BCUT2D eigenvalue weighted by molar-refractivity contribution is 5.85. The molecule has 3 aliphatic rings. The first-order valence-electron chi connectivity index (χ1n) is 9.03. The number of rotatable bonds is 4. The van der Waals surface area contributed by atoms with E-state index in [9.17, 15) is 4.79 Å². The minimum atomic E-state index is 0. The third-order valence-corrected chi connectivity index (χ3v) is 6.28. The molecule has 1 amide bonds. The van der Waals surface area contributed by atoms with Gasteiger partial charge in [0.15, 0.2) is 0 Å². The van der Waals surface area contributed by atoms with Crippen LogP contribution in [0.5, 0.6) is 0 Å². The van der Waals surface area contributed by atoms with E-state index < -0.39 is 0 Å². The summed E-state index contributed by atoms with van der Waals surface area (Å²) in [5, 5.41) is 3.16. The SMILES string of the molecule is CC1Cc2ccccc2N1CCNC(=O)C1C2CCC(C2)C1N.Cl.Cl. The molecule has 4 nitrogen and oxygen atoms in total. The molecule has 2 aliphatic carbocycles. The largest absolute Gasteiger partial charge is 0.367 e. The van der Waals surface area contributed by atoms with Crippen molar-refractivity contribution in [2.75, 3.05) is 18.0 Å². The molecule has 2 saturated carbocycles. The third kappa shape index (κ3) is 3.62. The topological polar surface area (TPSA) is 58.4 Å². The Hall–Kier alpha value is -0.970. The molecule has 0 radical (unpaired) electrons. The van der Waals surface area contributed by atoms with Crippen LogP contribution >= 0.6 is 24.8 Å². The Balaban J connectivity index is 0.00000113. The zero-order chi connectivity index (χ0) is 16.0. The van der Waals surface area contributed by atoms with E-state index in [0.29, 0.717) is 24.4 Å². The van der Waals surface area contributed by atoms with Crippen LogP contribution < -0.4 is 16.0 Å². The van der Waals surface area contributed by atoms with Gasteiger partial charge in [-0.15, -0.1) is 24.8 Å². The van der Waals surface area contributed by atoms with Crippen molar-refractivity contribution in [1.82, 2.24) is 5.32 Å². The molecule has 0 aromatic heterocycles. The van der Waals surface area contributed by atoms with E-state index in [4.69, 9.17) is 5.73 Å². The van der Waals surface area contributed by atoms with Gasteiger partial charge in [0.2, 0.25) is 5.91 Å². The predicted molar refractivity (Wildman–Crippen MR) is 107 cm³/mol. The highest BCUT2D eigenvalue weighted by Gasteiger charge is 2.48. The van der Waals surface area contributed by atoms with Crippen molar-refractivity contribution in [3.8, 4) is 0 Å². The predicted octanol–water partition coefficient (Wildman–Crippen LogP) is 2.77. The highest BCUT2D eigenvalue weighted by Crippen LogP contribution is 2.47. The fourth-order valence-corrected chi connectivity index (χ4v) is 5.11. The summed E-state index contributed by atoms with van der Waals surface area (Å²) in [6.45, 7) is 3.84. The van der Waals surface area contributed by atoms with Crippen LogP contribution in [0.4, 0.5) is 5.69 Å². The maximum Gasteiger partial charge on any atom is 0.225 e. The molecule has 3 N–H and O–H groups in total. The van der Waals surface area contributed by atoms with E-state index in [2.05, 4.69) is 41.4 Å². The van der Waals surface area contributed by atoms with Crippen LogP contribution in [-0.4, -0.2) is 31.1 Å². The van der Waals surface area contributed by atoms with Crippen molar-refractivity contribution < 1.29 is 4.79 Å². The number of hydrogen-bond donors (Lipinski definition) is 2. The summed E-state index contributed by atoms with van der Waals surface area (Å²) >= 11 is 0. The van der Waals surface area contributed by atoms with Gasteiger partial charge in [-0.2, -0.15) is 0 Å². The molecule has 4 rings (SSSR count). The lowest BCUT2D eigenvalue weighted by Gasteiger charge is -2.28.